The second kappa shape index (κ2) is 8.82. The minimum atomic E-state index is 0.0912. The number of hydrogen-bond donors (Lipinski definition) is 0. The number of benzene rings is 1. The highest BCUT2D eigenvalue weighted by Crippen LogP contribution is 2.30. The van der Waals surface area contributed by atoms with Crippen molar-refractivity contribution in [3.05, 3.63) is 59.2 Å². The van der Waals surface area contributed by atoms with Crippen molar-refractivity contribution in [1.82, 2.24) is 19.8 Å². The maximum absolute atomic E-state index is 12.8. The van der Waals surface area contributed by atoms with E-state index in [2.05, 4.69) is 40.2 Å². The Bertz CT molecular complexity index is 802. The van der Waals surface area contributed by atoms with E-state index in [-0.39, 0.29) is 11.9 Å². The minimum Gasteiger partial charge on any atom is -0.339 e. The van der Waals surface area contributed by atoms with Gasteiger partial charge in [0.15, 0.2) is 0 Å². The van der Waals surface area contributed by atoms with Gasteiger partial charge in [-0.3, -0.25) is 9.69 Å². The van der Waals surface area contributed by atoms with Gasteiger partial charge < -0.3 is 4.90 Å². The molecule has 148 valence electrons. The molecule has 0 unspecified atom stereocenters. The highest BCUT2D eigenvalue weighted by Gasteiger charge is 2.28. The number of nitrogens with zero attached hydrogens (tertiary/aromatic N) is 4. The summed E-state index contributed by atoms with van der Waals surface area (Å²) in [4.78, 5) is 26.8. The molecular formula is C23H30N4O. The molecule has 0 radical (unpaired) electrons. The molecule has 2 aliphatic rings. The fourth-order valence-corrected chi connectivity index (χ4v) is 4.41. The zero-order chi connectivity index (χ0) is 19.3. The van der Waals surface area contributed by atoms with Crippen molar-refractivity contribution in [2.75, 3.05) is 19.6 Å². The summed E-state index contributed by atoms with van der Waals surface area (Å²) < 4.78 is 0. The quantitative estimate of drug-likeness (QED) is 0.802. The lowest BCUT2D eigenvalue weighted by atomic mass is 10.00. The van der Waals surface area contributed by atoms with E-state index in [4.69, 9.17) is 4.98 Å². The van der Waals surface area contributed by atoms with Crippen molar-refractivity contribution in [3.8, 4) is 0 Å². The SMILES string of the molecule is Cc1nc([C@@H]2CCCCN2Cc2ccccc2)ncc1C(=O)N1CCCCC1. The lowest BCUT2D eigenvalue weighted by molar-refractivity contribution is 0.0722. The van der Waals surface area contributed by atoms with Crippen molar-refractivity contribution in [2.45, 2.75) is 58.0 Å². The van der Waals surface area contributed by atoms with Crippen LogP contribution in [0.4, 0.5) is 0 Å². The largest absolute Gasteiger partial charge is 0.339 e. The van der Waals surface area contributed by atoms with E-state index in [1.165, 1.54) is 24.8 Å². The molecule has 4 rings (SSSR count). The van der Waals surface area contributed by atoms with Crippen LogP contribution >= 0.6 is 0 Å². The average molecular weight is 379 g/mol. The maximum Gasteiger partial charge on any atom is 0.257 e. The van der Waals surface area contributed by atoms with Crippen LogP contribution in [0, 0.1) is 6.92 Å². The van der Waals surface area contributed by atoms with E-state index in [1.807, 2.05) is 11.8 Å². The second-order valence-corrected chi connectivity index (χ2v) is 8.05. The summed E-state index contributed by atoms with van der Waals surface area (Å²) in [5.74, 6) is 0.955. The summed E-state index contributed by atoms with van der Waals surface area (Å²) in [5, 5.41) is 0. The average Bonchev–Trinajstić information content (AvgIpc) is 2.75. The summed E-state index contributed by atoms with van der Waals surface area (Å²) >= 11 is 0. The second-order valence-electron chi connectivity index (χ2n) is 8.05. The molecule has 5 nitrogen and oxygen atoms in total. The third-order valence-electron chi connectivity index (χ3n) is 6.01. The molecule has 2 aliphatic heterocycles. The fourth-order valence-electron chi connectivity index (χ4n) is 4.41. The van der Waals surface area contributed by atoms with Crippen molar-refractivity contribution in [2.24, 2.45) is 0 Å². The Balaban J connectivity index is 1.52. The Morgan fingerprint density at radius 2 is 1.79 bits per heavy atom. The summed E-state index contributed by atoms with van der Waals surface area (Å²) in [6.45, 7) is 5.65. The van der Waals surface area contributed by atoms with E-state index in [0.717, 1.165) is 57.0 Å². The summed E-state index contributed by atoms with van der Waals surface area (Å²) in [7, 11) is 0. The molecule has 3 heterocycles. The van der Waals surface area contributed by atoms with Crippen LogP contribution in [0.15, 0.2) is 36.5 Å². The predicted octanol–water partition coefficient (Wildman–Crippen LogP) is 4.14. The molecule has 1 atom stereocenters. The van der Waals surface area contributed by atoms with Crippen LogP contribution in [0.1, 0.15) is 72.0 Å². The van der Waals surface area contributed by atoms with Gasteiger partial charge >= 0.3 is 0 Å². The zero-order valence-corrected chi connectivity index (χ0v) is 16.8. The van der Waals surface area contributed by atoms with Gasteiger partial charge in [0.1, 0.15) is 5.82 Å². The summed E-state index contributed by atoms with van der Waals surface area (Å²) in [6, 6.07) is 10.8. The van der Waals surface area contributed by atoms with Crippen LogP contribution in [-0.4, -0.2) is 45.3 Å². The number of carbonyl (C=O) groups is 1. The van der Waals surface area contributed by atoms with Gasteiger partial charge in [0.2, 0.25) is 0 Å². The minimum absolute atomic E-state index is 0.0912. The molecule has 2 aromatic rings. The number of aryl methyl sites for hydroxylation is 1. The van der Waals surface area contributed by atoms with Gasteiger partial charge in [0.05, 0.1) is 17.3 Å². The Kier molecular flexibility index (Phi) is 6.01. The van der Waals surface area contributed by atoms with Crippen LogP contribution in [-0.2, 0) is 6.54 Å². The Morgan fingerprint density at radius 3 is 2.54 bits per heavy atom. The number of amides is 1. The molecule has 0 spiro atoms. The lowest BCUT2D eigenvalue weighted by Gasteiger charge is -2.35. The molecule has 1 aromatic heterocycles. The third kappa shape index (κ3) is 4.25. The first-order valence-electron chi connectivity index (χ1n) is 10.6. The molecule has 0 aliphatic carbocycles. The molecule has 2 fully saturated rings. The number of aromatic nitrogens is 2. The van der Waals surface area contributed by atoms with Crippen LogP contribution < -0.4 is 0 Å². The van der Waals surface area contributed by atoms with E-state index in [9.17, 15) is 4.79 Å². The van der Waals surface area contributed by atoms with Gasteiger partial charge in [0.25, 0.3) is 5.91 Å². The molecule has 0 saturated carbocycles. The van der Waals surface area contributed by atoms with Crippen molar-refractivity contribution >= 4 is 5.91 Å². The van der Waals surface area contributed by atoms with Gasteiger partial charge in [0, 0.05) is 25.8 Å². The zero-order valence-electron chi connectivity index (χ0n) is 16.8. The highest BCUT2D eigenvalue weighted by molar-refractivity contribution is 5.95. The van der Waals surface area contributed by atoms with Gasteiger partial charge in [-0.05, 0) is 51.1 Å². The molecular weight excluding hydrogens is 348 g/mol. The van der Waals surface area contributed by atoms with Gasteiger partial charge in [-0.2, -0.15) is 0 Å². The number of piperidine rings is 2. The maximum atomic E-state index is 12.8. The van der Waals surface area contributed by atoms with E-state index < -0.39 is 0 Å². The molecule has 1 amide bonds. The Morgan fingerprint density at radius 1 is 1.04 bits per heavy atom. The predicted molar refractivity (Wildman–Crippen MR) is 110 cm³/mol. The normalized spacial score (nSPS) is 20.9. The monoisotopic (exact) mass is 378 g/mol. The van der Waals surface area contributed by atoms with E-state index in [1.54, 1.807) is 6.20 Å². The molecule has 0 N–H and O–H groups in total. The molecule has 5 heteroatoms. The van der Waals surface area contributed by atoms with Crippen LogP contribution in [0.5, 0.6) is 0 Å². The van der Waals surface area contributed by atoms with Crippen LogP contribution in [0.25, 0.3) is 0 Å². The highest BCUT2D eigenvalue weighted by atomic mass is 16.2. The number of carbonyl (C=O) groups excluding carboxylic acids is 1. The van der Waals surface area contributed by atoms with Crippen LogP contribution in [0.2, 0.25) is 0 Å². The van der Waals surface area contributed by atoms with E-state index >= 15 is 0 Å². The van der Waals surface area contributed by atoms with Crippen LogP contribution in [0.3, 0.4) is 0 Å². The fraction of sp³-hybridized carbons (Fsp3) is 0.522. The summed E-state index contributed by atoms with van der Waals surface area (Å²) in [6.07, 6.45) is 8.67. The molecule has 28 heavy (non-hydrogen) atoms. The first-order chi connectivity index (χ1) is 13.7. The standard InChI is InChI=1S/C23H30N4O/c1-18-20(23(28)26-13-7-3-8-14-26)16-24-22(25-18)21-12-6-9-15-27(21)17-19-10-4-2-5-11-19/h2,4-5,10-11,16,21H,3,6-9,12-15,17H2,1H3/t21-/m0/s1. The first-order valence-corrected chi connectivity index (χ1v) is 10.6. The van der Waals surface area contributed by atoms with Gasteiger partial charge in [-0.25, -0.2) is 9.97 Å². The van der Waals surface area contributed by atoms with E-state index in [0.29, 0.717) is 5.56 Å². The molecule has 0 bridgehead atoms. The molecule has 1 aromatic carbocycles. The third-order valence-corrected chi connectivity index (χ3v) is 6.01. The first kappa shape index (κ1) is 19.1. The number of hydrogen-bond acceptors (Lipinski definition) is 4. The van der Waals surface area contributed by atoms with Gasteiger partial charge in [-0.1, -0.05) is 36.8 Å². The lowest BCUT2D eigenvalue weighted by Crippen LogP contribution is -2.37. The molecule has 2 saturated heterocycles. The topological polar surface area (TPSA) is 49.3 Å². The smallest absolute Gasteiger partial charge is 0.257 e. The Hall–Kier alpha value is -2.27. The van der Waals surface area contributed by atoms with Gasteiger partial charge in [-0.15, -0.1) is 0 Å². The van der Waals surface area contributed by atoms with Crippen molar-refractivity contribution in [3.63, 3.8) is 0 Å². The van der Waals surface area contributed by atoms with Crippen molar-refractivity contribution < 1.29 is 4.79 Å². The number of rotatable bonds is 4. The number of likely N-dealkylation sites (tertiary alicyclic amines) is 2. The van der Waals surface area contributed by atoms with Crippen molar-refractivity contribution in [1.29, 1.82) is 0 Å². The summed E-state index contributed by atoms with van der Waals surface area (Å²) in [5.41, 5.74) is 2.80. The Labute approximate surface area is 167 Å².